The van der Waals surface area contributed by atoms with E-state index in [1.54, 1.807) is 72.8 Å². The molecule has 72 heavy (non-hydrogen) atoms. The van der Waals surface area contributed by atoms with E-state index >= 15 is 0 Å². The Morgan fingerprint density at radius 2 is 0.819 bits per heavy atom. The smallest absolute Gasteiger partial charge is 0.326 e. The second-order valence-electron chi connectivity index (χ2n) is 16.4. The molecule has 0 heterocycles. The van der Waals surface area contributed by atoms with Gasteiger partial charge in [0.2, 0.25) is 47.3 Å². The number of carbonyl (C=O) groups is 10. The van der Waals surface area contributed by atoms with Crippen LogP contribution in [0.2, 0.25) is 0 Å². The van der Waals surface area contributed by atoms with Gasteiger partial charge in [-0.2, -0.15) is 0 Å². The summed E-state index contributed by atoms with van der Waals surface area (Å²) in [6.45, 7) is -1.51. The number of phenolic OH excluding ortho intramolecular Hbond substituents is 2. The topological polar surface area (TPSA) is 406 Å². The zero-order valence-corrected chi connectivity index (χ0v) is 38.7. The predicted molar refractivity (Wildman–Crippen MR) is 256 cm³/mol. The van der Waals surface area contributed by atoms with Crippen LogP contribution in [0.4, 0.5) is 0 Å². The molecule has 0 spiro atoms. The number of aliphatic carboxylic acids is 1. The summed E-state index contributed by atoms with van der Waals surface area (Å²) in [5, 5.41) is 43.0. The van der Waals surface area contributed by atoms with Crippen LogP contribution < -0.4 is 60.0 Å². The number of hydrogen-bond acceptors (Lipinski definition) is 14. The monoisotopic (exact) mass is 995 g/mol. The number of hydrogen-bond donors (Lipinski definition) is 14. The summed E-state index contributed by atoms with van der Waals surface area (Å²) in [7, 11) is 0. The minimum atomic E-state index is -1.65. The number of nitrogens with one attached hydrogen (secondary N) is 8. The van der Waals surface area contributed by atoms with Gasteiger partial charge < -0.3 is 64.4 Å². The molecule has 9 amide bonds. The Morgan fingerprint density at radius 3 is 1.29 bits per heavy atom. The second-order valence-corrected chi connectivity index (χ2v) is 16.4. The summed E-state index contributed by atoms with van der Waals surface area (Å²) >= 11 is 0. The highest BCUT2D eigenvalue weighted by Crippen LogP contribution is 2.13. The number of phenols is 2. The lowest BCUT2D eigenvalue weighted by Crippen LogP contribution is -2.59. The molecule has 24 heteroatoms. The van der Waals surface area contributed by atoms with Crippen molar-refractivity contribution in [2.24, 2.45) is 17.2 Å². The third-order valence-electron chi connectivity index (χ3n) is 10.6. The minimum absolute atomic E-state index is 0.000412. The second kappa shape index (κ2) is 27.9. The molecule has 0 aromatic heterocycles. The third kappa shape index (κ3) is 19.6. The minimum Gasteiger partial charge on any atom is -0.508 e. The molecule has 0 bridgehead atoms. The Labute approximate surface area is 412 Å². The van der Waals surface area contributed by atoms with Crippen molar-refractivity contribution in [1.29, 1.82) is 0 Å². The Kier molecular flexibility index (Phi) is 21.6. The number of rotatable bonds is 28. The van der Waals surface area contributed by atoms with Crippen LogP contribution in [0.3, 0.4) is 0 Å². The van der Waals surface area contributed by atoms with Crippen LogP contribution >= 0.6 is 0 Å². The fraction of sp³-hybridized carbons (Fsp3) is 0.292. The average Bonchev–Trinajstić information content (AvgIpc) is 3.34. The number of carboxylic acids is 1. The lowest BCUT2D eigenvalue weighted by molar-refractivity contribution is -0.142. The summed E-state index contributed by atoms with van der Waals surface area (Å²) in [5.41, 5.74) is 24.0. The maximum Gasteiger partial charge on any atom is 0.326 e. The van der Waals surface area contributed by atoms with Crippen LogP contribution in [0.25, 0.3) is 0 Å². The van der Waals surface area contributed by atoms with E-state index in [0.29, 0.717) is 22.3 Å². The van der Waals surface area contributed by atoms with E-state index in [4.69, 9.17) is 17.2 Å². The molecule has 0 aliphatic carbocycles. The van der Waals surface area contributed by atoms with Gasteiger partial charge in [0.15, 0.2) is 0 Å². The quantitative estimate of drug-likeness (QED) is 0.0248. The molecule has 0 aliphatic rings. The Balaban J connectivity index is 1.40. The normalized spacial score (nSPS) is 13.2. The van der Waals surface area contributed by atoms with Crippen molar-refractivity contribution in [1.82, 2.24) is 42.8 Å². The molecule has 4 rings (SSSR count). The van der Waals surface area contributed by atoms with Crippen molar-refractivity contribution in [3.63, 3.8) is 0 Å². The van der Waals surface area contributed by atoms with E-state index in [9.17, 15) is 63.3 Å². The van der Waals surface area contributed by atoms with Crippen molar-refractivity contribution in [2.45, 2.75) is 74.8 Å². The Morgan fingerprint density at radius 1 is 0.431 bits per heavy atom. The molecule has 4 aromatic rings. The first-order valence-corrected chi connectivity index (χ1v) is 22.2. The van der Waals surface area contributed by atoms with Crippen molar-refractivity contribution in [3.05, 3.63) is 131 Å². The van der Waals surface area contributed by atoms with Gasteiger partial charge in [-0.05, 0) is 59.4 Å². The molecule has 17 N–H and O–H groups in total. The van der Waals surface area contributed by atoms with Gasteiger partial charge in [0, 0.05) is 12.8 Å². The molecular formula is C48H57N11O13. The maximum absolute atomic E-state index is 13.8. The van der Waals surface area contributed by atoms with Gasteiger partial charge in [-0.15, -0.1) is 0 Å². The van der Waals surface area contributed by atoms with Crippen molar-refractivity contribution >= 4 is 59.1 Å². The molecule has 0 fully saturated rings. The molecule has 24 nitrogen and oxygen atoms in total. The molecule has 382 valence electrons. The van der Waals surface area contributed by atoms with Crippen molar-refractivity contribution in [3.8, 4) is 11.5 Å². The summed E-state index contributed by atoms with van der Waals surface area (Å²) < 4.78 is 0. The first kappa shape index (κ1) is 55.7. The largest absolute Gasteiger partial charge is 0.508 e. The van der Waals surface area contributed by atoms with E-state index in [1.807, 2.05) is 0 Å². The van der Waals surface area contributed by atoms with Gasteiger partial charge in [-0.1, -0.05) is 84.9 Å². The predicted octanol–water partition coefficient (Wildman–Crippen LogP) is -3.31. The van der Waals surface area contributed by atoms with E-state index in [0.717, 1.165) is 0 Å². The van der Waals surface area contributed by atoms with Gasteiger partial charge in [0.25, 0.3) is 5.91 Å². The van der Waals surface area contributed by atoms with Crippen LogP contribution in [0.5, 0.6) is 11.5 Å². The standard InChI is InChI=1S/C48H57N11O13/c49-33(19-29-11-15-31(60)16-12-29)43(66)56-35(23-39(50)62)44(67)52-25-41(64)54-34(20-27-7-3-1-4-8-27)47(70)59-58-37(21-28-9-5-2-6-10-28)45(68)53-26-42(65)55-36(24-40(51)63)46(69)57-38(48(71)72)22-30-13-17-32(61)18-14-30/h1-18,33-38,58,60-61H,19-26,49H2,(H2,50,62)(H2,51,63)(H,52,67)(H,53,68)(H,54,64)(H,55,65)(H,56,66)(H,57,69)(H,59,70)(H,71,72)/t33-,34-,35+,36+,37-,38-/m0/s1. The summed E-state index contributed by atoms with van der Waals surface area (Å²) in [6.07, 6.45) is -1.74. The number of hydrazine groups is 1. The van der Waals surface area contributed by atoms with Crippen molar-refractivity contribution < 1.29 is 63.3 Å². The Bertz CT molecular complexity index is 2530. The first-order valence-electron chi connectivity index (χ1n) is 22.2. The SMILES string of the molecule is NC(=O)C[C@@H](NC(=O)CNC(=O)[C@H](Cc1ccccc1)NNC(=O)[C@H](Cc1ccccc1)NC(=O)CNC(=O)[C@@H](CC(N)=O)NC(=O)[C@@H](N)Cc1ccc(O)cc1)C(=O)N[C@@H](Cc1ccc(O)cc1)C(=O)O. The van der Waals surface area contributed by atoms with E-state index in [-0.39, 0.29) is 37.2 Å². The van der Waals surface area contributed by atoms with Gasteiger partial charge in [-0.25, -0.2) is 10.2 Å². The molecule has 0 aliphatic heterocycles. The summed E-state index contributed by atoms with van der Waals surface area (Å²) in [5.74, 6) is -9.86. The highest BCUT2D eigenvalue weighted by Gasteiger charge is 2.31. The Hall–Kier alpha value is -8.90. The number of amides is 9. The zero-order valence-electron chi connectivity index (χ0n) is 38.7. The average molecular weight is 996 g/mol. The highest BCUT2D eigenvalue weighted by molar-refractivity contribution is 5.97. The molecule has 0 unspecified atom stereocenters. The highest BCUT2D eigenvalue weighted by atomic mass is 16.4. The fourth-order valence-electron chi connectivity index (χ4n) is 6.85. The van der Waals surface area contributed by atoms with E-state index < -0.39 is 121 Å². The fourth-order valence-corrected chi connectivity index (χ4v) is 6.85. The first-order chi connectivity index (χ1) is 34.3. The summed E-state index contributed by atoms with van der Waals surface area (Å²) in [4.78, 5) is 129. The number of aromatic hydroxyl groups is 2. The van der Waals surface area contributed by atoms with Crippen LogP contribution in [-0.4, -0.2) is 124 Å². The van der Waals surface area contributed by atoms with Gasteiger partial charge >= 0.3 is 5.97 Å². The van der Waals surface area contributed by atoms with Gasteiger partial charge in [0.05, 0.1) is 32.0 Å². The van der Waals surface area contributed by atoms with E-state index in [2.05, 4.69) is 42.8 Å². The number of primary amides is 2. The number of carbonyl (C=O) groups excluding carboxylic acids is 9. The molecular weight excluding hydrogens is 939 g/mol. The molecule has 6 atom stereocenters. The van der Waals surface area contributed by atoms with Crippen LogP contribution in [0.15, 0.2) is 109 Å². The van der Waals surface area contributed by atoms with Crippen LogP contribution in [0.1, 0.15) is 35.1 Å². The van der Waals surface area contributed by atoms with Crippen molar-refractivity contribution in [2.75, 3.05) is 13.1 Å². The zero-order chi connectivity index (χ0) is 52.7. The number of benzene rings is 4. The van der Waals surface area contributed by atoms with Crippen LogP contribution in [-0.2, 0) is 73.6 Å². The maximum atomic E-state index is 13.8. The van der Waals surface area contributed by atoms with Gasteiger partial charge in [0.1, 0.15) is 41.7 Å². The van der Waals surface area contributed by atoms with Gasteiger partial charge in [-0.3, -0.25) is 48.6 Å². The third-order valence-corrected chi connectivity index (χ3v) is 10.6. The molecule has 0 saturated carbocycles. The number of carboxylic acid groups (broad SMARTS) is 1. The number of nitrogens with two attached hydrogens (primary N) is 3. The van der Waals surface area contributed by atoms with Crippen LogP contribution in [0, 0.1) is 0 Å². The lowest BCUT2D eigenvalue weighted by atomic mass is 10.0. The van der Waals surface area contributed by atoms with E-state index in [1.165, 1.54) is 36.4 Å². The molecule has 0 saturated heterocycles. The molecule has 0 radical (unpaired) electrons. The lowest BCUT2D eigenvalue weighted by Gasteiger charge is -2.23. The summed E-state index contributed by atoms with van der Waals surface area (Å²) in [6, 6.07) is 19.9. The molecule has 4 aromatic carbocycles.